The fourth-order valence-corrected chi connectivity index (χ4v) is 1.00. The Hall–Kier alpha value is 0.680. The average Bonchev–Trinajstić information content (AvgIpc) is 1.35. The van der Waals surface area contributed by atoms with Crippen molar-refractivity contribution in [1.82, 2.24) is 0 Å². The highest BCUT2D eigenvalue weighted by Crippen LogP contribution is 2.15. The highest BCUT2D eigenvalue weighted by Gasteiger charge is 1.88. The first kappa shape index (κ1) is 6.68. The lowest BCUT2D eigenvalue weighted by Crippen LogP contribution is -1.99. The number of hydrogen-bond acceptors (Lipinski definition) is 1. The Morgan fingerprint density at radius 2 is 2.50 bits per heavy atom. The maximum Gasteiger partial charge on any atom is 0.0559 e. The maximum atomic E-state index is 8.47. The van der Waals surface area contributed by atoms with E-state index in [0.29, 0.717) is 7.93 Å². The molecule has 0 aromatic carbocycles. The quantitative estimate of drug-likeness (QED) is 0.552. The van der Waals surface area contributed by atoms with E-state index in [2.05, 4.69) is 0 Å². The van der Waals surface area contributed by atoms with Gasteiger partial charge in [0.2, 0.25) is 0 Å². The summed E-state index contributed by atoms with van der Waals surface area (Å²) in [5, 5.41) is 8.47. The van der Waals surface area contributed by atoms with Crippen molar-refractivity contribution >= 4 is 19.2 Å². The van der Waals surface area contributed by atoms with Crippen LogP contribution in [-0.2, 0) is 0 Å². The number of aliphatic hydroxyl groups is 1. The van der Waals surface area contributed by atoms with Crippen molar-refractivity contribution in [3.8, 4) is 0 Å². The zero-order valence-electron chi connectivity index (χ0n) is 3.61. The Bertz CT molecular complexity index is 32.0. The molecule has 0 aromatic rings. The van der Waals surface area contributed by atoms with Gasteiger partial charge in [-0.3, -0.25) is 0 Å². The second-order valence-electron chi connectivity index (χ2n) is 1.19. The summed E-state index contributed by atoms with van der Waals surface area (Å²) in [6.45, 7) is 1.73. The van der Waals surface area contributed by atoms with Crippen LogP contribution >= 0.6 is 19.2 Å². The Kier molecular flexibility index (Phi) is 4.29. The number of rotatable bonds is 2. The molecule has 38 valence electrons. The molecule has 0 spiro atoms. The third kappa shape index (κ3) is 4.68. The van der Waals surface area contributed by atoms with Gasteiger partial charge in [0.1, 0.15) is 0 Å². The smallest absolute Gasteiger partial charge is 0.0559 e. The molecule has 0 aromatic heterocycles. The molecule has 0 bridgehead atoms. The largest absolute Gasteiger partial charge is 0.393 e. The summed E-state index contributed by atoms with van der Waals surface area (Å²) in [4.78, 5) is 0. The van der Waals surface area contributed by atoms with Crippen LogP contribution in [0.5, 0.6) is 0 Å². The third-order valence-corrected chi connectivity index (χ3v) is 1.58. The predicted octanol–water partition coefficient (Wildman–Crippen LogP) is 1.20. The summed E-state index contributed by atoms with van der Waals surface area (Å²) in [5.41, 5.74) is 0. The molecular weight excluding hydrogens is 118 g/mol. The first-order valence-corrected chi connectivity index (χ1v) is 4.01. The van der Waals surface area contributed by atoms with Gasteiger partial charge in [-0.1, -0.05) is 11.2 Å². The lowest BCUT2D eigenvalue weighted by molar-refractivity contribution is 0.220. The Labute approximate surface area is 44.3 Å². The van der Waals surface area contributed by atoms with E-state index in [0.717, 1.165) is 6.16 Å². The monoisotopic (exact) mass is 126 g/mol. The van der Waals surface area contributed by atoms with E-state index < -0.39 is 0 Å². The van der Waals surface area contributed by atoms with Gasteiger partial charge >= 0.3 is 0 Å². The molecule has 0 aliphatic heterocycles. The minimum Gasteiger partial charge on any atom is -0.393 e. The van der Waals surface area contributed by atoms with E-state index in [1.807, 2.05) is 0 Å². The van der Waals surface area contributed by atoms with Gasteiger partial charge in [0, 0.05) is 6.16 Å². The Morgan fingerprint density at radius 1 is 2.00 bits per heavy atom. The lowest BCUT2D eigenvalue weighted by atomic mass is 10.5. The zero-order valence-corrected chi connectivity index (χ0v) is 5.37. The first-order chi connectivity index (χ1) is 2.77. The molecular formula is C3H8ClOP. The van der Waals surface area contributed by atoms with E-state index in [9.17, 15) is 0 Å². The van der Waals surface area contributed by atoms with E-state index in [4.69, 9.17) is 16.3 Å². The molecule has 2 atom stereocenters. The van der Waals surface area contributed by atoms with Crippen molar-refractivity contribution in [3.05, 3.63) is 0 Å². The fraction of sp³-hybridized carbons (Fsp3) is 1.00. The lowest BCUT2D eigenvalue weighted by Gasteiger charge is -1.94. The number of aliphatic hydroxyl groups excluding tert-OH is 1. The highest BCUT2D eigenvalue weighted by atomic mass is 35.7. The third-order valence-electron chi connectivity index (χ3n) is 0.373. The second-order valence-corrected chi connectivity index (χ2v) is 2.66. The molecule has 3 heteroatoms. The van der Waals surface area contributed by atoms with Gasteiger partial charge in [0.05, 0.1) is 6.10 Å². The molecule has 6 heavy (non-hydrogen) atoms. The standard InChI is InChI=1S/C3H8ClOP/c1-3(5)2-6-4/h3,5-6H,2H2,1H3. The van der Waals surface area contributed by atoms with Crippen LogP contribution in [0.25, 0.3) is 0 Å². The van der Waals surface area contributed by atoms with Crippen molar-refractivity contribution in [2.24, 2.45) is 0 Å². The van der Waals surface area contributed by atoms with Crippen molar-refractivity contribution in [3.63, 3.8) is 0 Å². The van der Waals surface area contributed by atoms with Gasteiger partial charge in [-0.05, 0) is 14.9 Å². The van der Waals surface area contributed by atoms with Gasteiger partial charge in [0.15, 0.2) is 0 Å². The second kappa shape index (κ2) is 3.86. The molecule has 0 heterocycles. The van der Waals surface area contributed by atoms with Gasteiger partial charge < -0.3 is 5.11 Å². The summed E-state index contributed by atoms with van der Waals surface area (Å²) in [5.74, 6) is 0. The fourth-order valence-electron chi connectivity index (χ4n) is 0.112. The van der Waals surface area contributed by atoms with Crippen LogP contribution in [0.1, 0.15) is 6.92 Å². The molecule has 0 amide bonds. The van der Waals surface area contributed by atoms with Gasteiger partial charge in [-0.25, -0.2) is 0 Å². The molecule has 2 unspecified atom stereocenters. The van der Waals surface area contributed by atoms with Crippen LogP contribution in [-0.4, -0.2) is 17.4 Å². The summed E-state index contributed by atoms with van der Waals surface area (Å²) in [7, 11) is 0.360. The van der Waals surface area contributed by atoms with Crippen LogP contribution < -0.4 is 0 Å². The van der Waals surface area contributed by atoms with E-state index in [-0.39, 0.29) is 6.10 Å². The van der Waals surface area contributed by atoms with Crippen molar-refractivity contribution in [2.45, 2.75) is 13.0 Å². The van der Waals surface area contributed by atoms with Gasteiger partial charge in [0.25, 0.3) is 0 Å². The Balaban J connectivity index is 2.63. The van der Waals surface area contributed by atoms with Crippen molar-refractivity contribution < 1.29 is 5.11 Å². The molecule has 0 radical (unpaired) electrons. The highest BCUT2D eigenvalue weighted by molar-refractivity contribution is 7.68. The Morgan fingerprint density at radius 3 is 2.50 bits per heavy atom. The minimum absolute atomic E-state index is 0.221. The topological polar surface area (TPSA) is 20.2 Å². The molecule has 0 saturated carbocycles. The van der Waals surface area contributed by atoms with Crippen molar-refractivity contribution in [1.29, 1.82) is 0 Å². The first-order valence-electron chi connectivity index (χ1n) is 1.79. The molecule has 0 saturated heterocycles. The minimum atomic E-state index is -0.221. The summed E-state index contributed by atoms with van der Waals surface area (Å²) < 4.78 is 0. The normalized spacial score (nSPS) is 16.5. The van der Waals surface area contributed by atoms with E-state index in [1.54, 1.807) is 6.92 Å². The molecule has 1 nitrogen and oxygen atoms in total. The average molecular weight is 127 g/mol. The molecule has 0 rings (SSSR count). The van der Waals surface area contributed by atoms with Crippen LogP contribution in [0, 0.1) is 0 Å². The van der Waals surface area contributed by atoms with E-state index in [1.165, 1.54) is 0 Å². The number of halogens is 1. The molecule has 0 aliphatic rings. The van der Waals surface area contributed by atoms with Gasteiger partial charge in [-0.15, -0.1) is 0 Å². The van der Waals surface area contributed by atoms with Crippen LogP contribution in [0.2, 0.25) is 0 Å². The van der Waals surface area contributed by atoms with E-state index >= 15 is 0 Å². The summed E-state index contributed by atoms with van der Waals surface area (Å²) >= 11 is 5.26. The molecule has 0 aliphatic carbocycles. The summed E-state index contributed by atoms with van der Waals surface area (Å²) in [6.07, 6.45) is 0.502. The van der Waals surface area contributed by atoms with Crippen LogP contribution in [0.3, 0.4) is 0 Å². The number of hydrogen-bond donors (Lipinski definition) is 1. The predicted molar refractivity (Wildman–Crippen MR) is 30.7 cm³/mol. The zero-order chi connectivity index (χ0) is 4.99. The maximum absolute atomic E-state index is 8.47. The molecule has 1 N–H and O–H groups in total. The van der Waals surface area contributed by atoms with Gasteiger partial charge in [-0.2, -0.15) is 0 Å². The molecule has 0 fully saturated rings. The SMILES string of the molecule is CC(O)CPCl. The summed E-state index contributed by atoms with van der Waals surface area (Å²) in [6, 6.07) is 0. The van der Waals surface area contributed by atoms with Crippen molar-refractivity contribution in [2.75, 3.05) is 6.16 Å². The van der Waals surface area contributed by atoms with Crippen LogP contribution in [0.15, 0.2) is 0 Å². The van der Waals surface area contributed by atoms with Crippen LogP contribution in [0.4, 0.5) is 0 Å².